The Morgan fingerprint density at radius 2 is 0.707 bits per heavy atom. The van der Waals surface area contributed by atoms with E-state index in [1.165, 1.54) is 30.3 Å². The Balaban J connectivity index is 0.000000133. The first kappa shape index (κ1) is 66.9. The monoisotopic (exact) mass is 1370 g/mol. The molecular weight excluding hydrogens is 1320 g/mol. The average molecular weight is 1380 g/mol. The fourth-order valence-corrected chi connectivity index (χ4v) is 13.9. The van der Waals surface area contributed by atoms with Gasteiger partial charge in [0.25, 0.3) is 17.7 Å². The predicted octanol–water partition coefficient (Wildman–Crippen LogP) is 13.6. The Bertz CT molecular complexity index is 4390. The van der Waals surface area contributed by atoms with Gasteiger partial charge in [-0.15, -0.1) is 0 Å². The molecule has 30 heteroatoms. The van der Waals surface area contributed by atoms with Crippen LogP contribution in [-0.2, 0) is 18.5 Å². The van der Waals surface area contributed by atoms with Crippen molar-refractivity contribution in [3.05, 3.63) is 216 Å². The van der Waals surface area contributed by atoms with Crippen molar-refractivity contribution in [3.63, 3.8) is 0 Å². The minimum Gasteiger partial charge on any atom is -0.472 e. The van der Waals surface area contributed by atoms with Crippen LogP contribution in [-0.4, -0.2) is 132 Å². The van der Waals surface area contributed by atoms with E-state index in [1.54, 1.807) is 64.7 Å². The van der Waals surface area contributed by atoms with E-state index >= 15 is 0 Å². The zero-order chi connectivity index (χ0) is 69.5. The van der Waals surface area contributed by atoms with Crippen LogP contribution in [0.3, 0.4) is 0 Å². The number of halogens is 12. The molecule has 9 atom stereocenters. The number of hydrogen-bond acceptors (Lipinski definition) is 15. The summed E-state index contributed by atoms with van der Waals surface area (Å²) in [5.74, 6) is -1.90. The molecule has 6 aromatic heterocycles. The second-order valence-corrected chi connectivity index (χ2v) is 24.1. The maximum Gasteiger partial charge on any atom is 0.417 e. The summed E-state index contributed by atoms with van der Waals surface area (Å²) in [6.07, 6.45) is 0.920. The van der Waals surface area contributed by atoms with Gasteiger partial charge >= 0.3 is 18.5 Å². The second kappa shape index (κ2) is 27.3. The lowest BCUT2D eigenvalue weighted by Gasteiger charge is -2.25. The van der Waals surface area contributed by atoms with Crippen LogP contribution < -0.4 is 14.2 Å². The Morgan fingerprint density at radius 1 is 0.364 bits per heavy atom. The van der Waals surface area contributed by atoms with Crippen LogP contribution in [0.5, 0.6) is 17.6 Å². The first-order valence-electron chi connectivity index (χ1n) is 31.2. The Morgan fingerprint density at radius 3 is 1.07 bits per heavy atom. The number of pyridine rings is 3. The Kier molecular flexibility index (Phi) is 18.5. The molecule has 6 saturated heterocycles. The minimum atomic E-state index is -4.50. The number of benzene rings is 3. The first-order valence-corrected chi connectivity index (χ1v) is 31.2. The molecule has 510 valence electrons. The van der Waals surface area contributed by atoms with Crippen LogP contribution in [0.2, 0.25) is 0 Å². The molecule has 6 aliphatic rings. The Labute approximate surface area is 555 Å². The molecular formula is C69H54F12N12O6. The molecule has 15 rings (SSSR count). The quantitative estimate of drug-likeness (QED) is 0.104. The topological polar surface area (TPSA) is 205 Å². The lowest BCUT2D eigenvalue weighted by Crippen LogP contribution is -2.39. The summed E-state index contributed by atoms with van der Waals surface area (Å²) in [6, 6.07) is 25.2. The number of nitrogens with zero attached hydrogens (tertiary/aromatic N) is 12. The lowest BCUT2D eigenvalue weighted by atomic mass is 9.98. The van der Waals surface area contributed by atoms with E-state index in [0.29, 0.717) is 66.4 Å². The number of carbonyl (C=O) groups excluding carboxylic acids is 3. The van der Waals surface area contributed by atoms with Crippen molar-refractivity contribution < 1.29 is 81.3 Å². The number of ether oxygens (including phenoxy) is 3. The van der Waals surface area contributed by atoms with Crippen LogP contribution in [0.15, 0.2) is 165 Å². The van der Waals surface area contributed by atoms with Gasteiger partial charge in [0, 0.05) is 97.7 Å². The molecule has 0 spiro atoms. The summed E-state index contributed by atoms with van der Waals surface area (Å²) >= 11 is 0. The molecule has 0 aliphatic carbocycles. The first-order chi connectivity index (χ1) is 47.4. The molecule has 6 bridgehead atoms. The fourth-order valence-electron chi connectivity index (χ4n) is 13.9. The highest BCUT2D eigenvalue weighted by Gasteiger charge is 2.53. The summed E-state index contributed by atoms with van der Waals surface area (Å²) in [7, 11) is 0. The van der Waals surface area contributed by atoms with E-state index < -0.39 is 64.7 Å². The summed E-state index contributed by atoms with van der Waals surface area (Å²) in [4.78, 5) is 81.3. The third-order valence-corrected chi connectivity index (χ3v) is 18.2. The number of carbonyl (C=O) groups is 3. The van der Waals surface area contributed by atoms with Gasteiger partial charge in [-0.25, -0.2) is 58.0 Å². The maximum absolute atomic E-state index is 14.7. The van der Waals surface area contributed by atoms with Crippen molar-refractivity contribution in [1.29, 1.82) is 0 Å². The molecule has 9 aromatic rings. The molecule has 12 heterocycles. The largest absolute Gasteiger partial charge is 0.472 e. The van der Waals surface area contributed by atoms with Crippen molar-refractivity contribution in [2.75, 3.05) is 0 Å². The standard InChI is InChI=1S/C23H17F5N4O2.C23H18F4N4O2.C23H19F3N4O2/c24-13-10-30-21(31-11-13)20-15(2-1-3-16(20)25)22(33)32-14-5-6-17(32)18(8-14)34-19-7-4-12(9-29-19)23(26,27)28;24-14-11-29-21(30-12-14)16-3-1-2-4-17(16)22(32)31-15-6-7-18(31)19(9-15)33-20-8-5-13(10-28-20)23(25,26)27;24-23(25,26)14-6-9-20(29-13-14)32-19-12-15-7-8-18(19)30(15)22(31)17-5-2-1-4-16(17)21-27-10-3-11-28-21/h1-4,7,9-11,14,17-18H,5-6,8H2;1-5,8,10-12,15,18-19H,6-7,9H2;1-6,9-11,13,15,18-19H,7-8,12H2. The van der Waals surface area contributed by atoms with Crippen LogP contribution in [0.1, 0.15) is 106 Å². The van der Waals surface area contributed by atoms with Gasteiger partial charge in [0.05, 0.1) is 81.9 Å². The number of alkyl halides is 9. The Hall–Kier alpha value is -10.7. The van der Waals surface area contributed by atoms with Crippen LogP contribution in [0.25, 0.3) is 34.2 Å². The van der Waals surface area contributed by atoms with Gasteiger partial charge in [0.15, 0.2) is 29.1 Å². The third-order valence-electron chi connectivity index (χ3n) is 18.2. The highest BCUT2D eigenvalue weighted by molar-refractivity contribution is 6.02. The molecule has 0 saturated carbocycles. The summed E-state index contributed by atoms with van der Waals surface area (Å²) in [5, 5.41) is 0. The van der Waals surface area contributed by atoms with Gasteiger partial charge in [0.2, 0.25) is 17.6 Å². The number of hydrogen-bond donors (Lipinski definition) is 0. The highest BCUT2D eigenvalue weighted by Crippen LogP contribution is 2.45. The molecule has 6 aliphatic heterocycles. The van der Waals surface area contributed by atoms with Gasteiger partial charge in [-0.3, -0.25) is 14.4 Å². The smallest absolute Gasteiger partial charge is 0.417 e. The molecule has 0 radical (unpaired) electrons. The van der Waals surface area contributed by atoms with E-state index in [9.17, 15) is 67.1 Å². The van der Waals surface area contributed by atoms with Crippen molar-refractivity contribution >= 4 is 17.7 Å². The highest BCUT2D eigenvalue weighted by atomic mass is 19.4. The van der Waals surface area contributed by atoms with Crippen LogP contribution in [0, 0.1) is 17.5 Å². The second-order valence-electron chi connectivity index (χ2n) is 24.1. The van der Waals surface area contributed by atoms with Crippen molar-refractivity contribution in [2.45, 2.75) is 131 Å². The fraction of sp³-hybridized carbons (Fsp3) is 0.304. The van der Waals surface area contributed by atoms with E-state index in [4.69, 9.17) is 14.2 Å². The minimum absolute atomic E-state index is 0.0108. The summed E-state index contributed by atoms with van der Waals surface area (Å²) in [5.41, 5.74) is -0.572. The molecule has 9 unspecified atom stereocenters. The molecule has 18 nitrogen and oxygen atoms in total. The summed E-state index contributed by atoms with van der Waals surface area (Å²) < 4.78 is 174. The molecule has 6 fully saturated rings. The van der Waals surface area contributed by atoms with Gasteiger partial charge in [-0.1, -0.05) is 42.5 Å². The normalized spacial score (nSPS) is 21.9. The van der Waals surface area contributed by atoms with Gasteiger partial charge in [-0.2, -0.15) is 39.5 Å². The summed E-state index contributed by atoms with van der Waals surface area (Å²) in [6.45, 7) is 0. The van der Waals surface area contributed by atoms with Crippen LogP contribution in [0.4, 0.5) is 52.7 Å². The number of rotatable bonds is 12. The van der Waals surface area contributed by atoms with E-state index in [0.717, 1.165) is 87.1 Å². The molecule has 3 amide bonds. The molecule has 3 aromatic carbocycles. The molecule has 0 N–H and O–H groups in total. The van der Waals surface area contributed by atoms with Gasteiger partial charge in [0.1, 0.15) is 24.1 Å². The van der Waals surface area contributed by atoms with Crippen molar-refractivity contribution in [3.8, 4) is 51.8 Å². The van der Waals surface area contributed by atoms with Gasteiger partial charge < -0.3 is 28.9 Å². The average Bonchev–Trinajstić information content (AvgIpc) is 1.63. The maximum atomic E-state index is 14.7. The number of fused-ring (bicyclic) bond motifs is 6. The SMILES string of the molecule is O=C(c1cccc(F)c1-c1ncc(F)cn1)N1C2CCC1C(Oc1ccc(C(F)(F)F)cn1)C2.O=C(c1ccccc1-c1ncc(F)cn1)N1C2CCC1C(Oc1ccc(C(F)(F)F)cn1)C2.O=C(c1ccccc1-c1ncccn1)N1C2CCC1C(Oc1ccc(C(F)(F)F)cn1)C2. The van der Waals surface area contributed by atoms with E-state index in [1.807, 2.05) is 17.0 Å². The molecule has 99 heavy (non-hydrogen) atoms. The third kappa shape index (κ3) is 14.1. The number of amides is 3. The van der Waals surface area contributed by atoms with Crippen molar-refractivity contribution in [2.24, 2.45) is 0 Å². The van der Waals surface area contributed by atoms with E-state index in [-0.39, 0.29) is 101 Å². The predicted molar refractivity (Wildman–Crippen MR) is 326 cm³/mol. The van der Waals surface area contributed by atoms with Gasteiger partial charge in [-0.05, 0) is 87.1 Å². The van der Waals surface area contributed by atoms with E-state index in [2.05, 4.69) is 44.9 Å². The number of aromatic nitrogens is 9. The van der Waals surface area contributed by atoms with Crippen LogP contribution >= 0.6 is 0 Å². The van der Waals surface area contributed by atoms with Crippen molar-refractivity contribution in [1.82, 2.24) is 59.6 Å². The lowest BCUT2D eigenvalue weighted by molar-refractivity contribution is -0.138. The zero-order valence-electron chi connectivity index (χ0n) is 51.5. The zero-order valence-corrected chi connectivity index (χ0v) is 51.5.